The number of carbonyl (C=O) groups excluding carboxylic acids is 2. The molecule has 2 aliphatic rings. The third kappa shape index (κ3) is 3.71. The lowest BCUT2D eigenvalue weighted by molar-refractivity contribution is -0.126. The second-order valence-electron chi connectivity index (χ2n) is 6.57. The molecule has 7 heteroatoms. The molecular formula is C20H19ClN2O4. The molecule has 0 radical (unpaired) electrons. The van der Waals surface area contributed by atoms with E-state index in [4.69, 9.17) is 21.1 Å². The van der Waals surface area contributed by atoms with Gasteiger partial charge in [-0.1, -0.05) is 29.8 Å². The smallest absolute Gasteiger partial charge is 0.228 e. The fourth-order valence-corrected chi connectivity index (χ4v) is 3.63. The molecule has 2 heterocycles. The lowest BCUT2D eigenvalue weighted by atomic mass is 9.90. The second kappa shape index (κ2) is 7.48. The molecule has 0 saturated carbocycles. The zero-order chi connectivity index (χ0) is 18.8. The van der Waals surface area contributed by atoms with Crippen LogP contribution in [0, 0.1) is 0 Å². The van der Waals surface area contributed by atoms with Crippen molar-refractivity contribution in [2.45, 2.75) is 25.3 Å². The van der Waals surface area contributed by atoms with E-state index >= 15 is 0 Å². The SMILES string of the molecule is O=C1CC(C(=O)NCc2cc(Cl)c3c(c2)OCCCO3)c2ccccc2N1. The van der Waals surface area contributed by atoms with Gasteiger partial charge >= 0.3 is 0 Å². The maximum absolute atomic E-state index is 12.7. The standard InChI is InChI=1S/C20H19ClN2O4/c21-15-8-12(9-17-19(15)27-7-3-6-26-17)11-22-20(25)14-10-18(24)23-16-5-2-1-4-13(14)16/h1-2,4-5,8-9,14H,3,6-7,10-11H2,(H,22,25)(H,23,24). The highest BCUT2D eigenvalue weighted by atomic mass is 35.5. The van der Waals surface area contributed by atoms with Crippen LogP contribution in [0.5, 0.6) is 11.5 Å². The van der Waals surface area contributed by atoms with Crippen LogP contribution in [0.4, 0.5) is 5.69 Å². The van der Waals surface area contributed by atoms with Crippen LogP contribution in [0.15, 0.2) is 36.4 Å². The molecule has 4 rings (SSSR count). The maximum atomic E-state index is 12.7. The molecule has 0 saturated heterocycles. The van der Waals surface area contributed by atoms with Gasteiger partial charge in [0.05, 0.1) is 24.2 Å². The number of benzene rings is 2. The van der Waals surface area contributed by atoms with Gasteiger partial charge in [0.25, 0.3) is 0 Å². The highest BCUT2D eigenvalue weighted by Crippen LogP contribution is 2.38. The summed E-state index contributed by atoms with van der Waals surface area (Å²) in [6.45, 7) is 1.41. The van der Waals surface area contributed by atoms with Gasteiger partial charge in [-0.05, 0) is 29.3 Å². The monoisotopic (exact) mass is 386 g/mol. The molecule has 2 aromatic rings. The van der Waals surface area contributed by atoms with Gasteiger partial charge in [-0.3, -0.25) is 9.59 Å². The zero-order valence-corrected chi connectivity index (χ0v) is 15.3. The van der Waals surface area contributed by atoms with Crippen LogP contribution in [0.2, 0.25) is 5.02 Å². The number of hydrogen-bond acceptors (Lipinski definition) is 4. The van der Waals surface area contributed by atoms with Gasteiger partial charge in [0.1, 0.15) is 0 Å². The quantitative estimate of drug-likeness (QED) is 0.849. The predicted molar refractivity (Wildman–Crippen MR) is 101 cm³/mol. The molecule has 0 spiro atoms. The van der Waals surface area contributed by atoms with E-state index in [1.165, 1.54) is 0 Å². The Morgan fingerprint density at radius 2 is 2.04 bits per heavy atom. The Bertz CT molecular complexity index is 900. The first kappa shape index (κ1) is 17.7. The van der Waals surface area contributed by atoms with Crippen LogP contribution >= 0.6 is 11.6 Å². The van der Waals surface area contributed by atoms with E-state index in [2.05, 4.69) is 10.6 Å². The topological polar surface area (TPSA) is 76.7 Å². The predicted octanol–water partition coefficient (Wildman–Crippen LogP) is 3.24. The van der Waals surface area contributed by atoms with Gasteiger partial charge in [0.15, 0.2) is 11.5 Å². The van der Waals surface area contributed by atoms with Crippen LogP contribution in [0.25, 0.3) is 0 Å². The van der Waals surface area contributed by atoms with Crippen LogP contribution in [0.3, 0.4) is 0 Å². The summed E-state index contributed by atoms with van der Waals surface area (Å²) in [5.41, 5.74) is 2.32. The van der Waals surface area contributed by atoms with Crippen LogP contribution in [-0.4, -0.2) is 25.0 Å². The number of fused-ring (bicyclic) bond motifs is 2. The molecule has 27 heavy (non-hydrogen) atoms. The van der Waals surface area contributed by atoms with Gasteiger partial charge in [-0.25, -0.2) is 0 Å². The van der Waals surface area contributed by atoms with Crippen molar-refractivity contribution >= 4 is 29.1 Å². The molecule has 0 aliphatic carbocycles. The summed E-state index contributed by atoms with van der Waals surface area (Å²) < 4.78 is 11.3. The van der Waals surface area contributed by atoms with Crippen molar-refractivity contribution in [1.82, 2.24) is 5.32 Å². The number of para-hydroxylation sites is 1. The maximum Gasteiger partial charge on any atom is 0.228 e. The molecule has 0 aromatic heterocycles. The Hall–Kier alpha value is -2.73. The summed E-state index contributed by atoms with van der Waals surface area (Å²) in [6, 6.07) is 10.9. The van der Waals surface area contributed by atoms with Crippen molar-refractivity contribution in [3.8, 4) is 11.5 Å². The zero-order valence-electron chi connectivity index (χ0n) is 14.6. The fraction of sp³-hybridized carbons (Fsp3) is 0.300. The number of halogens is 1. The van der Waals surface area contributed by atoms with E-state index in [0.717, 1.165) is 17.5 Å². The molecule has 0 fully saturated rings. The molecule has 1 atom stereocenters. The van der Waals surface area contributed by atoms with Crippen molar-refractivity contribution in [3.05, 3.63) is 52.5 Å². The Morgan fingerprint density at radius 3 is 2.93 bits per heavy atom. The van der Waals surface area contributed by atoms with Gasteiger partial charge in [0, 0.05) is 25.1 Å². The first-order chi connectivity index (χ1) is 13.1. The first-order valence-electron chi connectivity index (χ1n) is 8.86. The molecule has 2 N–H and O–H groups in total. The van der Waals surface area contributed by atoms with Crippen molar-refractivity contribution in [2.75, 3.05) is 18.5 Å². The molecule has 2 aliphatic heterocycles. The number of hydrogen-bond donors (Lipinski definition) is 2. The largest absolute Gasteiger partial charge is 0.489 e. The summed E-state index contributed by atoms with van der Waals surface area (Å²) >= 11 is 6.30. The average Bonchev–Trinajstić information content (AvgIpc) is 2.91. The normalized spacial score (nSPS) is 18.1. The lowest BCUT2D eigenvalue weighted by Crippen LogP contribution is -2.34. The molecule has 2 amide bonds. The van der Waals surface area contributed by atoms with Crippen LogP contribution in [-0.2, 0) is 16.1 Å². The molecule has 2 aromatic carbocycles. The Kier molecular flexibility index (Phi) is 4.90. The molecule has 140 valence electrons. The Balaban J connectivity index is 1.49. The van der Waals surface area contributed by atoms with E-state index in [1.54, 1.807) is 12.1 Å². The molecule has 0 bridgehead atoms. The van der Waals surface area contributed by atoms with E-state index in [0.29, 0.717) is 35.4 Å². The number of nitrogens with one attached hydrogen (secondary N) is 2. The third-order valence-electron chi connectivity index (χ3n) is 4.65. The Labute approximate surface area is 161 Å². The molecular weight excluding hydrogens is 368 g/mol. The van der Waals surface area contributed by atoms with E-state index in [1.807, 2.05) is 24.3 Å². The summed E-state index contributed by atoms with van der Waals surface area (Å²) in [4.78, 5) is 24.6. The van der Waals surface area contributed by atoms with E-state index in [-0.39, 0.29) is 24.8 Å². The van der Waals surface area contributed by atoms with E-state index < -0.39 is 5.92 Å². The number of ether oxygens (including phenoxy) is 2. The van der Waals surface area contributed by atoms with Crippen LogP contribution < -0.4 is 20.1 Å². The first-order valence-corrected chi connectivity index (χ1v) is 9.24. The summed E-state index contributed by atoms with van der Waals surface area (Å²) in [5, 5.41) is 6.16. The highest BCUT2D eigenvalue weighted by Gasteiger charge is 2.30. The summed E-state index contributed by atoms with van der Waals surface area (Å²) in [5.74, 6) is 0.271. The minimum atomic E-state index is -0.508. The van der Waals surface area contributed by atoms with Gasteiger partial charge in [-0.2, -0.15) is 0 Å². The highest BCUT2D eigenvalue weighted by molar-refractivity contribution is 6.32. The second-order valence-corrected chi connectivity index (χ2v) is 6.97. The minimum Gasteiger partial charge on any atom is -0.489 e. The minimum absolute atomic E-state index is 0.130. The Morgan fingerprint density at radius 1 is 1.22 bits per heavy atom. The average molecular weight is 387 g/mol. The third-order valence-corrected chi connectivity index (χ3v) is 4.93. The number of carbonyl (C=O) groups is 2. The number of amides is 2. The number of anilines is 1. The van der Waals surface area contributed by atoms with Crippen molar-refractivity contribution in [3.63, 3.8) is 0 Å². The molecule has 1 unspecified atom stereocenters. The lowest BCUT2D eigenvalue weighted by Gasteiger charge is -2.24. The van der Waals surface area contributed by atoms with Gasteiger partial charge in [0.2, 0.25) is 11.8 Å². The van der Waals surface area contributed by atoms with Crippen molar-refractivity contribution in [1.29, 1.82) is 0 Å². The van der Waals surface area contributed by atoms with Gasteiger partial charge < -0.3 is 20.1 Å². The summed E-state index contributed by atoms with van der Waals surface area (Å²) in [7, 11) is 0. The van der Waals surface area contributed by atoms with E-state index in [9.17, 15) is 9.59 Å². The summed E-state index contributed by atoms with van der Waals surface area (Å²) in [6.07, 6.45) is 0.922. The fourth-order valence-electron chi connectivity index (χ4n) is 3.34. The van der Waals surface area contributed by atoms with Crippen LogP contribution in [0.1, 0.15) is 29.9 Å². The number of rotatable bonds is 3. The van der Waals surface area contributed by atoms with Crippen molar-refractivity contribution in [2.24, 2.45) is 0 Å². The van der Waals surface area contributed by atoms with Crippen molar-refractivity contribution < 1.29 is 19.1 Å². The molecule has 6 nitrogen and oxygen atoms in total. The van der Waals surface area contributed by atoms with Gasteiger partial charge in [-0.15, -0.1) is 0 Å².